The lowest BCUT2D eigenvalue weighted by molar-refractivity contribution is 1.17. The fourth-order valence-electron chi connectivity index (χ4n) is 7.36. The largest absolute Gasteiger partial charge is 0.309 e. The zero-order chi connectivity index (χ0) is 29.5. The summed E-state index contributed by atoms with van der Waals surface area (Å²) in [7, 11) is 0. The van der Waals surface area contributed by atoms with E-state index in [0.29, 0.717) is 0 Å². The minimum absolute atomic E-state index is 1.17. The number of hydrogen-bond acceptors (Lipinski definition) is 1. The SMILES string of the molecule is c1ccc(-n2c3ccccc3c3c4c5ccccc5n(-c5ccc(-c6ccc7c(c6)sc6ccccc67)cc5)c4ccc32)cc1. The quantitative estimate of drug-likeness (QED) is 0.194. The normalized spacial score (nSPS) is 12.0. The van der Waals surface area contributed by atoms with Crippen LogP contribution in [0, 0.1) is 0 Å². The van der Waals surface area contributed by atoms with E-state index < -0.39 is 0 Å². The first-order valence-corrected chi connectivity index (χ1v) is 16.2. The number of thiophene rings is 1. The molecule has 0 N–H and O–H groups in total. The number of fused-ring (bicyclic) bond motifs is 10. The average molecular weight is 591 g/mol. The van der Waals surface area contributed by atoms with Crippen LogP contribution in [0.5, 0.6) is 0 Å². The van der Waals surface area contributed by atoms with Crippen LogP contribution in [0.3, 0.4) is 0 Å². The summed E-state index contributed by atoms with van der Waals surface area (Å²) in [6.07, 6.45) is 0. The van der Waals surface area contributed by atoms with Crippen LogP contribution in [0.4, 0.5) is 0 Å². The van der Waals surface area contributed by atoms with Gasteiger partial charge >= 0.3 is 0 Å². The third-order valence-electron chi connectivity index (χ3n) is 9.32. The van der Waals surface area contributed by atoms with Crippen molar-refractivity contribution in [3.05, 3.63) is 158 Å². The number of hydrogen-bond donors (Lipinski definition) is 0. The molecule has 3 heteroatoms. The molecule has 7 aromatic carbocycles. The van der Waals surface area contributed by atoms with Gasteiger partial charge in [-0.25, -0.2) is 0 Å². The van der Waals surface area contributed by atoms with Gasteiger partial charge in [-0.2, -0.15) is 0 Å². The first-order valence-electron chi connectivity index (χ1n) is 15.4. The molecule has 0 fully saturated rings. The summed E-state index contributed by atoms with van der Waals surface area (Å²) < 4.78 is 7.50. The van der Waals surface area contributed by atoms with E-state index in [0.717, 1.165) is 0 Å². The minimum Gasteiger partial charge on any atom is -0.309 e. The third kappa shape index (κ3) is 3.56. The van der Waals surface area contributed by atoms with Gasteiger partial charge in [0.15, 0.2) is 0 Å². The van der Waals surface area contributed by atoms with Crippen molar-refractivity contribution in [1.82, 2.24) is 9.13 Å². The predicted octanol–water partition coefficient (Wildman–Crippen LogP) is 11.9. The van der Waals surface area contributed by atoms with Crippen LogP contribution < -0.4 is 0 Å². The molecule has 0 aliphatic rings. The molecule has 45 heavy (non-hydrogen) atoms. The summed E-state index contributed by atoms with van der Waals surface area (Å²) in [5.74, 6) is 0. The molecule has 0 spiro atoms. The Bertz CT molecular complexity index is 2740. The van der Waals surface area contributed by atoms with Crippen molar-refractivity contribution in [2.75, 3.05) is 0 Å². The maximum Gasteiger partial charge on any atom is 0.0548 e. The average Bonchev–Trinajstić information content (AvgIpc) is 3.76. The highest BCUT2D eigenvalue weighted by atomic mass is 32.1. The van der Waals surface area contributed by atoms with Crippen molar-refractivity contribution < 1.29 is 0 Å². The number of benzene rings is 7. The van der Waals surface area contributed by atoms with Crippen LogP contribution in [0.2, 0.25) is 0 Å². The Hall–Kier alpha value is -5.64. The van der Waals surface area contributed by atoms with Gasteiger partial charge in [-0.3, -0.25) is 0 Å². The number of para-hydroxylation sites is 3. The summed E-state index contributed by atoms with van der Waals surface area (Å²) in [5, 5.41) is 7.82. The molecule has 0 radical (unpaired) electrons. The highest BCUT2D eigenvalue weighted by molar-refractivity contribution is 7.25. The Morgan fingerprint density at radius 1 is 0.333 bits per heavy atom. The van der Waals surface area contributed by atoms with Gasteiger partial charge in [0, 0.05) is 53.1 Å². The lowest BCUT2D eigenvalue weighted by atomic mass is 10.0. The van der Waals surface area contributed by atoms with Gasteiger partial charge in [-0.15, -0.1) is 11.3 Å². The highest BCUT2D eigenvalue weighted by Gasteiger charge is 2.20. The Kier molecular flexibility index (Phi) is 5.19. The molecule has 0 bridgehead atoms. The second kappa shape index (κ2) is 9.43. The summed E-state index contributed by atoms with van der Waals surface area (Å²) >= 11 is 1.87. The van der Waals surface area contributed by atoms with Crippen molar-refractivity contribution in [2.45, 2.75) is 0 Å². The monoisotopic (exact) mass is 590 g/mol. The molecule has 0 saturated carbocycles. The van der Waals surface area contributed by atoms with E-state index in [2.05, 4.69) is 167 Å². The van der Waals surface area contributed by atoms with Gasteiger partial charge < -0.3 is 9.13 Å². The second-order valence-electron chi connectivity index (χ2n) is 11.8. The molecule has 10 aromatic rings. The molecule has 3 aromatic heterocycles. The smallest absolute Gasteiger partial charge is 0.0548 e. The van der Waals surface area contributed by atoms with E-state index in [1.807, 2.05) is 11.3 Å². The molecule has 10 rings (SSSR count). The highest BCUT2D eigenvalue weighted by Crippen LogP contribution is 2.42. The van der Waals surface area contributed by atoms with Gasteiger partial charge in [0.25, 0.3) is 0 Å². The van der Waals surface area contributed by atoms with Gasteiger partial charge in [0.05, 0.1) is 22.1 Å². The number of rotatable bonds is 3. The predicted molar refractivity (Wildman–Crippen MR) is 193 cm³/mol. The maximum absolute atomic E-state index is 2.43. The van der Waals surface area contributed by atoms with Crippen molar-refractivity contribution in [2.24, 2.45) is 0 Å². The third-order valence-corrected chi connectivity index (χ3v) is 10.5. The lowest BCUT2D eigenvalue weighted by Gasteiger charge is -2.10. The number of aromatic nitrogens is 2. The first kappa shape index (κ1) is 24.8. The van der Waals surface area contributed by atoms with Gasteiger partial charge in [-0.05, 0) is 71.8 Å². The molecule has 2 nitrogen and oxygen atoms in total. The van der Waals surface area contributed by atoms with E-state index in [-0.39, 0.29) is 0 Å². The van der Waals surface area contributed by atoms with Gasteiger partial charge in [0.1, 0.15) is 0 Å². The second-order valence-corrected chi connectivity index (χ2v) is 12.8. The van der Waals surface area contributed by atoms with Crippen molar-refractivity contribution >= 4 is 75.1 Å². The molecule has 0 saturated heterocycles. The van der Waals surface area contributed by atoms with Crippen molar-refractivity contribution in [3.63, 3.8) is 0 Å². The zero-order valence-electron chi connectivity index (χ0n) is 24.3. The fraction of sp³-hybridized carbons (Fsp3) is 0. The van der Waals surface area contributed by atoms with Crippen LogP contribution in [0.1, 0.15) is 0 Å². The summed E-state index contributed by atoms with van der Waals surface area (Å²) in [6.45, 7) is 0. The summed E-state index contributed by atoms with van der Waals surface area (Å²) in [5.41, 5.74) is 9.71. The Morgan fingerprint density at radius 2 is 0.844 bits per heavy atom. The van der Waals surface area contributed by atoms with Crippen molar-refractivity contribution in [1.29, 1.82) is 0 Å². The standard InChI is InChI=1S/C42H26N2S/c1-2-10-29(11-3-1)43-35-15-7-4-13-33(35)41-37(43)24-25-38-42(41)34-14-5-8-16-36(34)44(38)30-21-18-27(19-22-30)28-20-23-32-31-12-6-9-17-39(31)45-40(32)26-28/h1-26H. The lowest BCUT2D eigenvalue weighted by Crippen LogP contribution is -1.94. The zero-order valence-corrected chi connectivity index (χ0v) is 25.1. The van der Waals surface area contributed by atoms with Gasteiger partial charge in [-0.1, -0.05) is 97.1 Å². The van der Waals surface area contributed by atoms with Crippen LogP contribution in [-0.4, -0.2) is 9.13 Å². The van der Waals surface area contributed by atoms with E-state index >= 15 is 0 Å². The molecule has 0 amide bonds. The summed E-state index contributed by atoms with van der Waals surface area (Å²) in [4.78, 5) is 0. The Labute approximate surface area is 263 Å². The Morgan fingerprint density at radius 3 is 1.51 bits per heavy atom. The minimum atomic E-state index is 1.17. The molecular formula is C42H26N2S. The molecular weight excluding hydrogens is 565 g/mol. The van der Waals surface area contributed by atoms with E-state index in [1.165, 1.54) is 86.3 Å². The topological polar surface area (TPSA) is 9.86 Å². The molecule has 0 aliphatic heterocycles. The molecule has 210 valence electrons. The first-order chi connectivity index (χ1) is 22.3. The van der Waals surface area contributed by atoms with Crippen LogP contribution in [0.15, 0.2) is 158 Å². The molecule has 0 atom stereocenters. The molecule has 0 aliphatic carbocycles. The van der Waals surface area contributed by atoms with Gasteiger partial charge in [0.2, 0.25) is 0 Å². The van der Waals surface area contributed by atoms with E-state index in [9.17, 15) is 0 Å². The molecule has 3 heterocycles. The maximum atomic E-state index is 2.43. The summed E-state index contributed by atoms with van der Waals surface area (Å²) in [6, 6.07) is 57.6. The molecule has 0 unspecified atom stereocenters. The van der Waals surface area contributed by atoms with E-state index in [4.69, 9.17) is 0 Å². The van der Waals surface area contributed by atoms with Crippen LogP contribution in [0.25, 0.3) is 86.3 Å². The van der Waals surface area contributed by atoms with Crippen molar-refractivity contribution in [3.8, 4) is 22.5 Å². The fourth-order valence-corrected chi connectivity index (χ4v) is 8.51. The van der Waals surface area contributed by atoms with Crippen LogP contribution in [-0.2, 0) is 0 Å². The number of nitrogens with zero attached hydrogens (tertiary/aromatic N) is 2. The van der Waals surface area contributed by atoms with Crippen LogP contribution >= 0.6 is 11.3 Å². The Balaban J connectivity index is 1.18. The van der Waals surface area contributed by atoms with E-state index in [1.54, 1.807) is 0 Å².